The molecule has 2 heterocycles. The monoisotopic (exact) mass is 396 g/mol. The lowest BCUT2D eigenvalue weighted by Crippen LogP contribution is -2.39. The zero-order valence-electron chi connectivity index (χ0n) is 15.1. The number of benzene rings is 1. The minimum absolute atomic E-state index is 0.0240. The van der Waals surface area contributed by atoms with Crippen LogP contribution in [0.5, 0.6) is 5.75 Å². The normalized spacial score (nSPS) is 25.5. The Morgan fingerprint density at radius 1 is 1.31 bits per heavy atom. The predicted octanol–water partition coefficient (Wildman–Crippen LogP) is 2.13. The van der Waals surface area contributed by atoms with Gasteiger partial charge in [-0.15, -0.1) is 0 Å². The van der Waals surface area contributed by atoms with Gasteiger partial charge in [0.2, 0.25) is 5.91 Å². The molecule has 26 heavy (non-hydrogen) atoms. The number of amidine groups is 1. The molecule has 0 unspecified atom stereocenters. The fourth-order valence-corrected chi connectivity index (χ4v) is 7.31. The number of carbonyl (C=O) groups is 1. The molecule has 2 aliphatic rings. The second kappa shape index (κ2) is 8.00. The quantitative estimate of drug-likeness (QED) is 0.733. The molecule has 2 fully saturated rings. The van der Waals surface area contributed by atoms with Gasteiger partial charge in [-0.1, -0.05) is 30.8 Å². The maximum atomic E-state index is 12.0. The van der Waals surface area contributed by atoms with E-state index < -0.39 is 9.84 Å². The smallest absolute Gasteiger partial charge is 0.248 e. The highest BCUT2D eigenvalue weighted by atomic mass is 32.2. The van der Waals surface area contributed by atoms with Crippen LogP contribution < -0.4 is 4.74 Å². The number of hydrogen-bond acceptors (Lipinski definition) is 5. The van der Waals surface area contributed by atoms with Crippen molar-refractivity contribution in [3.05, 3.63) is 29.8 Å². The summed E-state index contributed by atoms with van der Waals surface area (Å²) in [7, 11) is -1.38. The largest absolute Gasteiger partial charge is 0.497 e. The first-order valence-electron chi connectivity index (χ1n) is 8.80. The summed E-state index contributed by atoms with van der Waals surface area (Å²) in [4.78, 5) is 18.3. The molecule has 1 amide bonds. The van der Waals surface area contributed by atoms with Crippen LogP contribution in [0.15, 0.2) is 29.3 Å². The van der Waals surface area contributed by atoms with Gasteiger partial charge in [0.25, 0.3) is 0 Å². The van der Waals surface area contributed by atoms with Crippen molar-refractivity contribution in [2.45, 2.75) is 37.5 Å². The number of aliphatic imine (C=N–C) groups is 1. The number of fused-ring (bicyclic) bond motifs is 1. The van der Waals surface area contributed by atoms with Gasteiger partial charge in [-0.2, -0.15) is 4.99 Å². The highest BCUT2D eigenvalue weighted by Crippen LogP contribution is 2.38. The number of thioether (sulfide) groups is 1. The fraction of sp³-hybridized carbons (Fsp3) is 0.556. The Bertz CT molecular complexity index is 790. The van der Waals surface area contributed by atoms with Gasteiger partial charge in [-0.25, -0.2) is 8.42 Å². The second-order valence-corrected chi connectivity index (χ2v) is 9.99. The third-order valence-electron chi connectivity index (χ3n) is 4.66. The summed E-state index contributed by atoms with van der Waals surface area (Å²) in [5.74, 6) is 0.989. The maximum Gasteiger partial charge on any atom is 0.248 e. The molecule has 0 saturated carbocycles. The van der Waals surface area contributed by atoms with E-state index in [-0.39, 0.29) is 28.7 Å². The van der Waals surface area contributed by atoms with Crippen LogP contribution in [-0.2, 0) is 21.1 Å². The average molecular weight is 397 g/mol. The molecule has 0 aromatic heterocycles. The van der Waals surface area contributed by atoms with E-state index in [1.807, 2.05) is 36.1 Å². The number of sulfone groups is 1. The van der Waals surface area contributed by atoms with Crippen LogP contribution in [0.25, 0.3) is 0 Å². The molecule has 0 bridgehead atoms. The van der Waals surface area contributed by atoms with E-state index in [1.54, 1.807) is 7.11 Å². The van der Waals surface area contributed by atoms with Gasteiger partial charge >= 0.3 is 0 Å². The van der Waals surface area contributed by atoms with Crippen molar-refractivity contribution in [3.8, 4) is 5.75 Å². The SMILES string of the molecule is CCCC(=O)N=C1S[C@H]2CS(=O)(=O)C[C@@H]2N1CCc1ccc(OC)cc1. The number of hydrogen-bond donors (Lipinski definition) is 0. The van der Waals surface area contributed by atoms with Crippen LogP contribution in [0.1, 0.15) is 25.3 Å². The zero-order valence-corrected chi connectivity index (χ0v) is 16.7. The highest BCUT2D eigenvalue weighted by Gasteiger charge is 2.48. The molecule has 1 aromatic rings. The molecular weight excluding hydrogens is 372 g/mol. The van der Waals surface area contributed by atoms with E-state index in [0.29, 0.717) is 18.1 Å². The summed E-state index contributed by atoms with van der Waals surface area (Å²) in [6.07, 6.45) is 1.94. The third kappa shape index (κ3) is 4.40. The average Bonchev–Trinajstić information content (AvgIpc) is 3.05. The number of methoxy groups -OCH3 is 1. The fourth-order valence-electron chi connectivity index (χ4n) is 3.32. The molecule has 0 aliphatic carbocycles. The topological polar surface area (TPSA) is 76.0 Å². The third-order valence-corrected chi connectivity index (χ3v) is 7.91. The molecule has 0 N–H and O–H groups in total. The van der Waals surface area contributed by atoms with Crippen LogP contribution in [-0.4, -0.2) is 60.8 Å². The number of amides is 1. The highest BCUT2D eigenvalue weighted by molar-refractivity contribution is 8.15. The van der Waals surface area contributed by atoms with Crippen molar-refractivity contribution in [1.29, 1.82) is 0 Å². The number of ether oxygens (including phenoxy) is 1. The van der Waals surface area contributed by atoms with Gasteiger partial charge in [0.15, 0.2) is 15.0 Å². The Kier molecular flexibility index (Phi) is 5.92. The zero-order chi connectivity index (χ0) is 18.7. The van der Waals surface area contributed by atoms with E-state index in [1.165, 1.54) is 11.8 Å². The van der Waals surface area contributed by atoms with Crippen molar-refractivity contribution in [3.63, 3.8) is 0 Å². The summed E-state index contributed by atoms with van der Waals surface area (Å²) in [6.45, 7) is 2.59. The lowest BCUT2D eigenvalue weighted by molar-refractivity contribution is -0.117. The molecular formula is C18H24N2O4S2. The molecule has 0 spiro atoms. The first-order chi connectivity index (χ1) is 12.4. The predicted molar refractivity (Wildman–Crippen MR) is 105 cm³/mol. The van der Waals surface area contributed by atoms with Crippen molar-refractivity contribution in [2.75, 3.05) is 25.2 Å². The van der Waals surface area contributed by atoms with Gasteiger partial charge in [0.1, 0.15) is 5.75 Å². The molecule has 0 radical (unpaired) electrons. The summed E-state index contributed by atoms with van der Waals surface area (Å²) in [6, 6.07) is 7.75. The van der Waals surface area contributed by atoms with Crippen molar-refractivity contribution in [2.24, 2.45) is 4.99 Å². The second-order valence-electron chi connectivity index (χ2n) is 6.63. The van der Waals surface area contributed by atoms with Crippen LogP contribution in [0.3, 0.4) is 0 Å². The summed E-state index contributed by atoms with van der Waals surface area (Å²) in [5.41, 5.74) is 1.14. The molecule has 2 atom stereocenters. The Hall–Kier alpha value is -1.54. The first-order valence-corrected chi connectivity index (χ1v) is 11.5. The van der Waals surface area contributed by atoms with Gasteiger partial charge in [0.05, 0.1) is 24.7 Å². The Balaban J connectivity index is 1.75. The van der Waals surface area contributed by atoms with Gasteiger partial charge < -0.3 is 9.64 Å². The van der Waals surface area contributed by atoms with E-state index >= 15 is 0 Å². The maximum absolute atomic E-state index is 12.0. The lowest BCUT2D eigenvalue weighted by Gasteiger charge is -2.24. The van der Waals surface area contributed by atoms with Crippen LogP contribution in [0.2, 0.25) is 0 Å². The molecule has 8 heteroatoms. The Morgan fingerprint density at radius 3 is 2.69 bits per heavy atom. The first kappa shape index (κ1) is 19.2. The lowest BCUT2D eigenvalue weighted by atomic mass is 10.1. The summed E-state index contributed by atoms with van der Waals surface area (Å²) < 4.78 is 29.2. The Labute approximate surface area is 158 Å². The Morgan fingerprint density at radius 2 is 2.04 bits per heavy atom. The minimum Gasteiger partial charge on any atom is -0.497 e. The number of nitrogens with zero attached hydrogens (tertiary/aromatic N) is 2. The van der Waals surface area contributed by atoms with Crippen molar-refractivity contribution >= 4 is 32.7 Å². The molecule has 6 nitrogen and oxygen atoms in total. The van der Waals surface area contributed by atoms with Gasteiger partial charge in [-0.05, 0) is 30.5 Å². The summed E-state index contributed by atoms with van der Waals surface area (Å²) in [5, 5.41) is 0.658. The van der Waals surface area contributed by atoms with E-state index in [0.717, 1.165) is 24.2 Å². The van der Waals surface area contributed by atoms with Crippen LogP contribution in [0, 0.1) is 0 Å². The van der Waals surface area contributed by atoms with Crippen molar-refractivity contribution < 1.29 is 17.9 Å². The summed E-state index contributed by atoms with van der Waals surface area (Å²) >= 11 is 1.44. The minimum atomic E-state index is -3.01. The van der Waals surface area contributed by atoms with E-state index in [9.17, 15) is 13.2 Å². The molecule has 2 saturated heterocycles. The van der Waals surface area contributed by atoms with E-state index in [2.05, 4.69) is 4.99 Å². The standard InChI is InChI=1S/C18H24N2O4S2/c1-3-4-17(21)19-18-20(15-11-26(22,23)12-16(15)25-18)10-9-13-5-7-14(24-2)8-6-13/h5-8,15-16H,3-4,9-12H2,1-2H3/t15-,16-/m0/s1. The molecule has 3 rings (SSSR count). The molecule has 1 aromatic carbocycles. The molecule has 142 valence electrons. The van der Waals surface area contributed by atoms with Crippen molar-refractivity contribution in [1.82, 2.24) is 4.90 Å². The van der Waals surface area contributed by atoms with E-state index in [4.69, 9.17) is 4.74 Å². The molecule has 2 aliphatic heterocycles. The van der Waals surface area contributed by atoms with Gasteiger partial charge in [-0.3, -0.25) is 4.79 Å². The van der Waals surface area contributed by atoms with Crippen LogP contribution in [0.4, 0.5) is 0 Å². The van der Waals surface area contributed by atoms with Crippen LogP contribution >= 0.6 is 11.8 Å². The van der Waals surface area contributed by atoms with Gasteiger partial charge in [0, 0.05) is 18.2 Å². The number of rotatable bonds is 6. The number of carbonyl (C=O) groups excluding carboxylic acids is 1.